The van der Waals surface area contributed by atoms with E-state index >= 15 is 0 Å². The minimum atomic E-state index is -0.123. The maximum absolute atomic E-state index is 6.32. The van der Waals surface area contributed by atoms with Crippen molar-refractivity contribution in [1.82, 2.24) is 0 Å². The van der Waals surface area contributed by atoms with Crippen molar-refractivity contribution in [2.45, 2.75) is 13.0 Å². The number of benzene rings is 2. The van der Waals surface area contributed by atoms with E-state index in [1.165, 1.54) is 5.56 Å². The molecule has 0 aliphatic rings. The molecule has 0 aliphatic heterocycles. The zero-order chi connectivity index (χ0) is 12.4. The van der Waals surface area contributed by atoms with Gasteiger partial charge < -0.3 is 5.73 Å². The molecule has 2 aromatic rings. The van der Waals surface area contributed by atoms with Crippen molar-refractivity contribution in [2.75, 3.05) is 0 Å². The van der Waals surface area contributed by atoms with Gasteiger partial charge in [-0.25, -0.2) is 0 Å². The monoisotopic (exact) mass is 357 g/mol. The fourth-order valence-electron chi connectivity index (χ4n) is 1.86. The highest BCUT2D eigenvalue weighted by Crippen LogP contribution is 2.28. The second-order valence-electron chi connectivity index (χ2n) is 4.00. The number of rotatable bonds is 2. The van der Waals surface area contributed by atoms with E-state index in [-0.39, 0.29) is 6.04 Å². The lowest BCUT2D eigenvalue weighted by atomic mass is 9.96. The van der Waals surface area contributed by atoms with Crippen LogP contribution in [0.1, 0.15) is 22.7 Å². The first kappa shape index (κ1) is 12.9. The van der Waals surface area contributed by atoms with Crippen LogP contribution in [0.25, 0.3) is 0 Å². The molecule has 0 bridgehead atoms. The van der Waals surface area contributed by atoms with Crippen molar-refractivity contribution in [2.24, 2.45) is 5.73 Å². The molecule has 88 valence electrons. The number of halogens is 2. The molecular weight excluding hydrogens is 345 g/mol. The molecule has 0 fully saturated rings. The second kappa shape index (κ2) is 5.38. The number of hydrogen-bond acceptors (Lipinski definition) is 1. The van der Waals surface area contributed by atoms with Gasteiger partial charge in [0.05, 0.1) is 6.04 Å². The molecule has 0 spiro atoms. The predicted molar refractivity (Wildman–Crippen MR) is 81.4 cm³/mol. The minimum Gasteiger partial charge on any atom is -0.320 e. The topological polar surface area (TPSA) is 26.0 Å². The van der Waals surface area contributed by atoms with Crippen molar-refractivity contribution in [3.8, 4) is 0 Å². The van der Waals surface area contributed by atoms with Crippen LogP contribution in [0.4, 0.5) is 0 Å². The standard InChI is InChI=1S/C14H13ClIN/c1-9-4-2-3-5-11(9)14(17)12-8-10(15)6-7-13(12)16/h2-8,14H,17H2,1H3. The van der Waals surface area contributed by atoms with Gasteiger partial charge in [0.25, 0.3) is 0 Å². The first-order valence-electron chi connectivity index (χ1n) is 5.35. The molecule has 2 rings (SSSR count). The van der Waals surface area contributed by atoms with Crippen molar-refractivity contribution in [1.29, 1.82) is 0 Å². The van der Waals surface area contributed by atoms with Crippen LogP contribution in [-0.4, -0.2) is 0 Å². The van der Waals surface area contributed by atoms with Gasteiger partial charge >= 0.3 is 0 Å². The average Bonchev–Trinajstić information content (AvgIpc) is 2.32. The fraction of sp³-hybridized carbons (Fsp3) is 0.143. The maximum Gasteiger partial charge on any atom is 0.0565 e. The van der Waals surface area contributed by atoms with Gasteiger partial charge in [0.2, 0.25) is 0 Å². The van der Waals surface area contributed by atoms with Crippen LogP contribution >= 0.6 is 34.2 Å². The Morgan fingerprint density at radius 3 is 2.53 bits per heavy atom. The summed E-state index contributed by atoms with van der Waals surface area (Å²) in [4.78, 5) is 0. The minimum absolute atomic E-state index is 0.123. The zero-order valence-corrected chi connectivity index (χ0v) is 12.4. The SMILES string of the molecule is Cc1ccccc1C(N)c1cc(Cl)ccc1I. The van der Waals surface area contributed by atoms with Gasteiger partial charge in [-0.2, -0.15) is 0 Å². The highest BCUT2D eigenvalue weighted by atomic mass is 127. The summed E-state index contributed by atoms with van der Waals surface area (Å²) in [7, 11) is 0. The molecule has 1 unspecified atom stereocenters. The molecule has 1 nitrogen and oxygen atoms in total. The first-order valence-corrected chi connectivity index (χ1v) is 6.81. The van der Waals surface area contributed by atoms with Gasteiger partial charge in [-0.1, -0.05) is 35.9 Å². The zero-order valence-electron chi connectivity index (χ0n) is 9.45. The summed E-state index contributed by atoms with van der Waals surface area (Å²) in [6.07, 6.45) is 0. The van der Waals surface area contributed by atoms with E-state index in [1.54, 1.807) is 0 Å². The van der Waals surface area contributed by atoms with E-state index in [0.717, 1.165) is 19.7 Å². The van der Waals surface area contributed by atoms with E-state index in [1.807, 2.05) is 30.3 Å². The van der Waals surface area contributed by atoms with Gasteiger partial charge in [-0.15, -0.1) is 0 Å². The van der Waals surface area contributed by atoms with Crippen LogP contribution in [0.5, 0.6) is 0 Å². The molecule has 0 radical (unpaired) electrons. The lowest BCUT2D eigenvalue weighted by Gasteiger charge is -2.17. The molecule has 17 heavy (non-hydrogen) atoms. The van der Waals surface area contributed by atoms with Crippen molar-refractivity contribution >= 4 is 34.2 Å². The van der Waals surface area contributed by atoms with Crippen molar-refractivity contribution < 1.29 is 0 Å². The van der Waals surface area contributed by atoms with Crippen LogP contribution in [0.2, 0.25) is 5.02 Å². The van der Waals surface area contributed by atoms with E-state index in [4.69, 9.17) is 17.3 Å². The third-order valence-corrected chi connectivity index (χ3v) is 4.03. The first-order chi connectivity index (χ1) is 8.09. The second-order valence-corrected chi connectivity index (χ2v) is 5.60. The summed E-state index contributed by atoms with van der Waals surface area (Å²) < 4.78 is 1.14. The molecule has 0 aromatic heterocycles. The Morgan fingerprint density at radius 2 is 1.82 bits per heavy atom. The van der Waals surface area contributed by atoms with Crippen LogP contribution < -0.4 is 5.73 Å². The van der Waals surface area contributed by atoms with Crippen molar-refractivity contribution in [3.05, 3.63) is 67.7 Å². The third kappa shape index (κ3) is 2.81. The van der Waals surface area contributed by atoms with E-state index < -0.39 is 0 Å². The van der Waals surface area contributed by atoms with Crippen LogP contribution in [0, 0.1) is 10.5 Å². The summed E-state index contributed by atoms with van der Waals surface area (Å²) >= 11 is 8.32. The summed E-state index contributed by atoms with van der Waals surface area (Å²) in [6, 6.07) is 13.9. The number of nitrogens with two attached hydrogens (primary N) is 1. The molecule has 1 atom stereocenters. The van der Waals surface area contributed by atoms with E-state index in [9.17, 15) is 0 Å². The van der Waals surface area contributed by atoms with E-state index in [2.05, 4.69) is 41.6 Å². The highest BCUT2D eigenvalue weighted by Gasteiger charge is 2.14. The Hall–Kier alpha value is -0.580. The van der Waals surface area contributed by atoms with Crippen LogP contribution in [0.15, 0.2) is 42.5 Å². The average molecular weight is 358 g/mol. The summed E-state index contributed by atoms with van der Waals surface area (Å²) in [5.74, 6) is 0. The summed E-state index contributed by atoms with van der Waals surface area (Å²) in [5.41, 5.74) is 9.75. The molecule has 2 N–H and O–H groups in total. The Morgan fingerprint density at radius 1 is 1.12 bits per heavy atom. The fourth-order valence-corrected chi connectivity index (χ4v) is 2.71. The van der Waals surface area contributed by atoms with Gasteiger partial charge in [0, 0.05) is 8.59 Å². The van der Waals surface area contributed by atoms with Gasteiger partial charge in [-0.3, -0.25) is 0 Å². The predicted octanol–water partition coefficient (Wildman–Crippen LogP) is 4.30. The van der Waals surface area contributed by atoms with E-state index in [0.29, 0.717) is 0 Å². The lowest BCUT2D eigenvalue weighted by Crippen LogP contribution is -2.14. The summed E-state index contributed by atoms with van der Waals surface area (Å²) in [6.45, 7) is 2.08. The van der Waals surface area contributed by atoms with Gasteiger partial charge in [0.15, 0.2) is 0 Å². The molecule has 0 aliphatic carbocycles. The molecular formula is C14H13ClIN. The molecule has 2 aromatic carbocycles. The quantitative estimate of drug-likeness (QED) is 0.797. The van der Waals surface area contributed by atoms with Crippen LogP contribution in [-0.2, 0) is 0 Å². The molecule has 0 saturated heterocycles. The Balaban J connectivity index is 2.47. The molecule has 0 amide bonds. The molecule has 3 heteroatoms. The lowest BCUT2D eigenvalue weighted by molar-refractivity contribution is 0.856. The number of hydrogen-bond donors (Lipinski definition) is 1. The smallest absolute Gasteiger partial charge is 0.0565 e. The normalized spacial score (nSPS) is 12.5. The highest BCUT2D eigenvalue weighted by molar-refractivity contribution is 14.1. The van der Waals surface area contributed by atoms with Gasteiger partial charge in [0.1, 0.15) is 0 Å². The number of aryl methyl sites for hydroxylation is 1. The third-order valence-electron chi connectivity index (χ3n) is 2.82. The molecule has 0 saturated carbocycles. The van der Waals surface area contributed by atoms with Gasteiger partial charge in [-0.05, 0) is 64.4 Å². The Bertz CT molecular complexity index is 539. The molecule has 0 heterocycles. The largest absolute Gasteiger partial charge is 0.320 e. The maximum atomic E-state index is 6.32. The Kier molecular flexibility index (Phi) is 4.07. The summed E-state index contributed by atoms with van der Waals surface area (Å²) in [5, 5.41) is 0.726. The van der Waals surface area contributed by atoms with Crippen LogP contribution in [0.3, 0.4) is 0 Å². The Labute approximate surface area is 120 Å². The van der Waals surface area contributed by atoms with Crippen molar-refractivity contribution in [3.63, 3.8) is 0 Å².